The first kappa shape index (κ1) is 15.2. The number of benzene rings is 1. The van der Waals surface area contributed by atoms with E-state index in [4.69, 9.17) is 0 Å². The minimum absolute atomic E-state index is 0.0339. The minimum Gasteiger partial charge on any atom is -0.356 e. The molecule has 0 saturated carbocycles. The van der Waals surface area contributed by atoms with Gasteiger partial charge in [0, 0.05) is 24.0 Å². The highest BCUT2D eigenvalue weighted by Crippen LogP contribution is 2.20. The molecule has 4 heteroatoms. The predicted molar refractivity (Wildman–Crippen MR) is 78.6 cm³/mol. The van der Waals surface area contributed by atoms with Crippen molar-refractivity contribution in [2.75, 3.05) is 13.1 Å². The van der Waals surface area contributed by atoms with Crippen molar-refractivity contribution in [3.05, 3.63) is 33.8 Å². The Morgan fingerprint density at radius 1 is 1.39 bits per heavy atom. The van der Waals surface area contributed by atoms with Gasteiger partial charge in [0.25, 0.3) is 0 Å². The molecule has 0 heterocycles. The zero-order valence-corrected chi connectivity index (χ0v) is 12.8. The Morgan fingerprint density at radius 2 is 2.11 bits per heavy atom. The first-order chi connectivity index (χ1) is 8.50. The van der Waals surface area contributed by atoms with Crippen molar-refractivity contribution in [2.45, 2.75) is 33.2 Å². The molecule has 100 valence electrons. The Kier molecular flexibility index (Phi) is 6.36. The normalized spacial score (nSPS) is 12.2. The molecule has 3 nitrogen and oxygen atoms in total. The van der Waals surface area contributed by atoms with Crippen LogP contribution in [0.15, 0.2) is 22.7 Å². The fraction of sp³-hybridized carbons (Fsp3) is 0.500. The third kappa shape index (κ3) is 5.19. The first-order valence-electron chi connectivity index (χ1n) is 6.24. The highest BCUT2D eigenvalue weighted by Gasteiger charge is 2.05. The van der Waals surface area contributed by atoms with Crippen LogP contribution in [0.1, 0.15) is 37.4 Å². The standard InChI is InChI=1S/C14H21BrN2O/c1-10-9-13(5-6-14(10)15)11(2)16-7-4-8-17-12(3)18/h5-6,9,11,16H,4,7-8H2,1-3H3,(H,17,18)/t11-/m1/s1. The third-order valence-electron chi connectivity index (χ3n) is 2.86. The van der Waals surface area contributed by atoms with Crippen molar-refractivity contribution in [3.63, 3.8) is 0 Å². The number of halogens is 1. The molecule has 1 aromatic carbocycles. The molecule has 0 bridgehead atoms. The summed E-state index contributed by atoms with van der Waals surface area (Å²) in [6.45, 7) is 7.42. The summed E-state index contributed by atoms with van der Waals surface area (Å²) in [7, 11) is 0. The van der Waals surface area contributed by atoms with Gasteiger partial charge in [-0.15, -0.1) is 0 Å². The van der Waals surface area contributed by atoms with Crippen molar-refractivity contribution in [3.8, 4) is 0 Å². The largest absolute Gasteiger partial charge is 0.356 e. The smallest absolute Gasteiger partial charge is 0.216 e. The molecule has 0 radical (unpaired) electrons. The highest BCUT2D eigenvalue weighted by molar-refractivity contribution is 9.10. The molecule has 18 heavy (non-hydrogen) atoms. The Labute approximate surface area is 117 Å². The molecule has 1 atom stereocenters. The van der Waals surface area contributed by atoms with E-state index in [9.17, 15) is 4.79 Å². The van der Waals surface area contributed by atoms with E-state index in [1.165, 1.54) is 11.1 Å². The number of hydrogen-bond acceptors (Lipinski definition) is 2. The third-order valence-corrected chi connectivity index (χ3v) is 3.75. The van der Waals surface area contributed by atoms with Gasteiger partial charge in [-0.05, 0) is 44.0 Å². The zero-order valence-electron chi connectivity index (χ0n) is 11.2. The lowest BCUT2D eigenvalue weighted by molar-refractivity contribution is -0.118. The molecule has 0 aliphatic carbocycles. The lowest BCUT2D eigenvalue weighted by Gasteiger charge is -2.15. The van der Waals surface area contributed by atoms with Gasteiger partial charge < -0.3 is 10.6 Å². The quantitative estimate of drug-likeness (QED) is 0.793. The molecular formula is C14H21BrN2O. The molecule has 2 N–H and O–H groups in total. The molecule has 1 aromatic rings. The molecule has 0 aromatic heterocycles. The van der Waals surface area contributed by atoms with Crippen molar-refractivity contribution >= 4 is 21.8 Å². The number of carbonyl (C=O) groups excluding carboxylic acids is 1. The Balaban J connectivity index is 2.34. The van der Waals surface area contributed by atoms with Crippen LogP contribution in [-0.2, 0) is 4.79 Å². The van der Waals surface area contributed by atoms with Crippen molar-refractivity contribution in [1.29, 1.82) is 0 Å². The van der Waals surface area contributed by atoms with Gasteiger partial charge in [-0.3, -0.25) is 4.79 Å². The van der Waals surface area contributed by atoms with Crippen LogP contribution in [0.3, 0.4) is 0 Å². The number of aryl methyl sites for hydroxylation is 1. The van der Waals surface area contributed by atoms with E-state index >= 15 is 0 Å². The number of nitrogens with one attached hydrogen (secondary N) is 2. The van der Waals surface area contributed by atoms with Gasteiger partial charge in [0.1, 0.15) is 0 Å². The Hall–Kier alpha value is -0.870. The van der Waals surface area contributed by atoms with Gasteiger partial charge in [-0.1, -0.05) is 28.1 Å². The fourth-order valence-corrected chi connectivity index (χ4v) is 1.97. The van der Waals surface area contributed by atoms with Crippen molar-refractivity contribution in [2.24, 2.45) is 0 Å². The summed E-state index contributed by atoms with van der Waals surface area (Å²) in [6.07, 6.45) is 0.944. The lowest BCUT2D eigenvalue weighted by Crippen LogP contribution is -2.26. The fourth-order valence-electron chi connectivity index (χ4n) is 1.73. The van der Waals surface area contributed by atoms with Crippen LogP contribution in [0.2, 0.25) is 0 Å². The summed E-state index contributed by atoms with van der Waals surface area (Å²) in [5, 5.41) is 6.24. The van der Waals surface area contributed by atoms with Crippen LogP contribution in [0.25, 0.3) is 0 Å². The maximum Gasteiger partial charge on any atom is 0.216 e. The van der Waals surface area contributed by atoms with Crippen LogP contribution >= 0.6 is 15.9 Å². The molecule has 0 saturated heterocycles. The second-order valence-electron chi connectivity index (χ2n) is 4.52. The number of amides is 1. The monoisotopic (exact) mass is 312 g/mol. The van der Waals surface area contributed by atoms with Gasteiger partial charge >= 0.3 is 0 Å². The summed E-state index contributed by atoms with van der Waals surface area (Å²) in [6, 6.07) is 6.73. The maximum absolute atomic E-state index is 10.7. The van der Waals surface area contributed by atoms with Gasteiger partial charge in [-0.2, -0.15) is 0 Å². The number of rotatable bonds is 6. The maximum atomic E-state index is 10.7. The second-order valence-corrected chi connectivity index (χ2v) is 5.38. The molecule has 1 rings (SSSR count). The van der Waals surface area contributed by atoms with Gasteiger partial charge in [0.05, 0.1) is 0 Å². The van der Waals surface area contributed by atoms with E-state index in [2.05, 4.69) is 58.6 Å². The van der Waals surface area contributed by atoms with Crippen molar-refractivity contribution in [1.82, 2.24) is 10.6 Å². The van der Waals surface area contributed by atoms with E-state index in [0.29, 0.717) is 6.04 Å². The zero-order chi connectivity index (χ0) is 13.5. The first-order valence-corrected chi connectivity index (χ1v) is 7.04. The Bertz CT molecular complexity index is 407. The highest BCUT2D eigenvalue weighted by atomic mass is 79.9. The van der Waals surface area contributed by atoms with Crippen LogP contribution in [-0.4, -0.2) is 19.0 Å². The molecule has 0 aliphatic rings. The molecule has 0 aliphatic heterocycles. The summed E-state index contributed by atoms with van der Waals surface area (Å²) in [5.41, 5.74) is 2.54. The van der Waals surface area contributed by atoms with Gasteiger partial charge in [-0.25, -0.2) is 0 Å². The average Bonchev–Trinajstić information content (AvgIpc) is 2.31. The van der Waals surface area contributed by atoms with E-state index in [-0.39, 0.29) is 5.91 Å². The number of hydrogen-bond donors (Lipinski definition) is 2. The van der Waals surface area contributed by atoms with Crippen LogP contribution in [0.4, 0.5) is 0 Å². The van der Waals surface area contributed by atoms with E-state index in [1.807, 2.05) is 0 Å². The van der Waals surface area contributed by atoms with Gasteiger partial charge in [0.2, 0.25) is 5.91 Å². The van der Waals surface area contributed by atoms with E-state index < -0.39 is 0 Å². The van der Waals surface area contributed by atoms with Crippen LogP contribution < -0.4 is 10.6 Å². The minimum atomic E-state index is 0.0339. The van der Waals surface area contributed by atoms with E-state index in [1.54, 1.807) is 6.92 Å². The Morgan fingerprint density at radius 3 is 2.72 bits per heavy atom. The molecule has 0 unspecified atom stereocenters. The summed E-state index contributed by atoms with van der Waals surface area (Å²) < 4.78 is 1.14. The lowest BCUT2D eigenvalue weighted by atomic mass is 10.1. The summed E-state index contributed by atoms with van der Waals surface area (Å²) >= 11 is 3.50. The summed E-state index contributed by atoms with van der Waals surface area (Å²) in [5.74, 6) is 0.0339. The molecule has 1 amide bonds. The topological polar surface area (TPSA) is 41.1 Å². The number of carbonyl (C=O) groups is 1. The SMILES string of the molecule is CC(=O)NCCCN[C@H](C)c1ccc(Br)c(C)c1. The average molecular weight is 313 g/mol. The molecule has 0 spiro atoms. The molecular weight excluding hydrogens is 292 g/mol. The second kappa shape index (κ2) is 7.54. The summed E-state index contributed by atoms with van der Waals surface area (Å²) in [4.78, 5) is 10.7. The van der Waals surface area contributed by atoms with Gasteiger partial charge in [0.15, 0.2) is 0 Å². The molecule has 0 fully saturated rings. The van der Waals surface area contributed by atoms with Crippen LogP contribution in [0, 0.1) is 6.92 Å². The van der Waals surface area contributed by atoms with Crippen molar-refractivity contribution < 1.29 is 4.79 Å². The predicted octanol–water partition coefficient (Wildman–Crippen LogP) is 2.93. The van der Waals surface area contributed by atoms with E-state index in [0.717, 1.165) is 24.0 Å². The van der Waals surface area contributed by atoms with Crippen LogP contribution in [0.5, 0.6) is 0 Å².